The number of benzene rings is 1. The first-order chi connectivity index (χ1) is 10.0. The molecule has 0 bridgehead atoms. The Labute approximate surface area is 127 Å². The maximum absolute atomic E-state index is 12.0. The number of amides is 1. The van der Waals surface area contributed by atoms with Crippen LogP contribution in [0.5, 0.6) is 0 Å². The average Bonchev–Trinajstić information content (AvgIpc) is 2.82. The molecule has 1 aromatic carbocycles. The fraction of sp³-hybridized carbons (Fsp3) is 0.588. The van der Waals surface area contributed by atoms with E-state index in [1.807, 2.05) is 32.3 Å². The second kappa shape index (κ2) is 7.57. The second-order valence-corrected chi connectivity index (χ2v) is 6.17. The molecule has 1 saturated heterocycles. The maximum Gasteiger partial charge on any atom is 0.224 e. The number of carbonyl (C=O) groups excluding carboxylic acids is 1. The number of carbonyl (C=O) groups is 1. The fourth-order valence-electron chi connectivity index (χ4n) is 2.73. The summed E-state index contributed by atoms with van der Waals surface area (Å²) >= 11 is 0. The van der Waals surface area contributed by atoms with Crippen molar-refractivity contribution < 1.29 is 9.53 Å². The van der Waals surface area contributed by atoms with Crippen molar-refractivity contribution in [3.05, 3.63) is 29.8 Å². The van der Waals surface area contributed by atoms with E-state index >= 15 is 0 Å². The van der Waals surface area contributed by atoms with Crippen LogP contribution in [0.1, 0.15) is 38.2 Å². The van der Waals surface area contributed by atoms with Crippen LogP contribution < -0.4 is 5.32 Å². The van der Waals surface area contributed by atoms with E-state index in [2.05, 4.69) is 23.2 Å². The molecule has 1 fully saturated rings. The number of nitrogens with one attached hydrogen (secondary N) is 1. The molecule has 21 heavy (non-hydrogen) atoms. The van der Waals surface area contributed by atoms with Gasteiger partial charge in [-0.25, -0.2) is 0 Å². The molecule has 1 N–H and O–H groups in total. The van der Waals surface area contributed by atoms with Gasteiger partial charge in [-0.15, -0.1) is 0 Å². The van der Waals surface area contributed by atoms with E-state index in [4.69, 9.17) is 4.74 Å². The lowest BCUT2D eigenvalue weighted by molar-refractivity contribution is -0.116. The molecular formula is C17H26N2O2. The fourth-order valence-corrected chi connectivity index (χ4v) is 2.73. The van der Waals surface area contributed by atoms with E-state index in [0.717, 1.165) is 31.5 Å². The number of ether oxygens (including phenoxy) is 1. The van der Waals surface area contributed by atoms with Gasteiger partial charge in [0.1, 0.15) is 0 Å². The highest BCUT2D eigenvalue weighted by molar-refractivity contribution is 5.90. The summed E-state index contributed by atoms with van der Waals surface area (Å²) in [6.45, 7) is 2.97. The SMILES string of the molecule is C[C@H]1CC[C@H](CCC(=O)Nc2cccc(CN(C)C)c2)O1. The molecule has 0 spiro atoms. The predicted molar refractivity (Wildman–Crippen MR) is 85.3 cm³/mol. The first kappa shape index (κ1) is 16.0. The van der Waals surface area contributed by atoms with Crippen molar-refractivity contribution in [3.8, 4) is 0 Å². The van der Waals surface area contributed by atoms with Gasteiger partial charge in [0.2, 0.25) is 5.91 Å². The van der Waals surface area contributed by atoms with Crippen molar-refractivity contribution in [2.45, 2.75) is 51.4 Å². The number of hydrogen-bond acceptors (Lipinski definition) is 3. The number of rotatable bonds is 6. The van der Waals surface area contributed by atoms with E-state index in [9.17, 15) is 4.79 Å². The number of anilines is 1. The highest BCUT2D eigenvalue weighted by atomic mass is 16.5. The van der Waals surface area contributed by atoms with Gasteiger partial charge in [0.25, 0.3) is 0 Å². The molecule has 1 heterocycles. The lowest BCUT2D eigenvalue weighted by Gasteiger charge is -2.13. The van der Waals surface area contributed by atoms with Gasteiger partial charge in [0.05, 0.1) is 12.2 Å². The van der Waals surface area contributed by atoms with Crippen LogP contribution in [-0.2, 0) is 16.1 Å². The Hall–Kier alpha value is -1.39. The molecular weight excluding hydrogens is 264 g/mol. The average molecular weight is 290 g/mol. The summed E-state index contributed by atoms with van der Waals surface area (Å²) < 4.78 is 5.74. The summed E-state index contributed by atoms with van der Waals surface area (Å²) in [7, 11) is 4.07. The Bertz CT molecular complexity index is 474. The van der Waals surface area contributed by atoms with Crippen molar-refractivity contribution in [1.29, 1.82) is 0 Å². The molecule has 0 unspecified atom stereocenters. The molecule has 2 atom stereocenters. The Kier molecular flexibility index (Phi) is 5.76. The topological polar surface area (TPSA) is 41.6 Å². The van der Waals surface area contributed by atoms with E-state index < -0.39 is 0 Å². The first-order valence-electron chi connectivity index (χ1n) is 7.72. The monoisotopic (exact) mass is 290 g/mol. The molecule has 2 rings (SSSR count). The van der Waals surface area contributed by atoms with Crippen LogP contribution in [0, 0.1) is 0 Å². The third-order valence-corrected chi connectivity index (χ3v) is 3.72. The van der Waals surface area contributed by atoms with Crippen molar-refractivity contribution in [2.24, 2.45) is 0 Å². The minimum absolute atomic E-state index is 0.0696. The lowest BCUT2D eigenvalue weighted by atomic mass is 10.1. The molecule has 1 aliphatic heterocycles. The lowest BCUT2D eigenvalue weighted by Crippen LogP contribution is -2.16. The highest BCUT2D eigenvalue weighted by Crippen LogP contribution is 2.22. The van der Waals surface area contributed by atoms with Crippen LogP contribution in [0.2, 0.25) is 0 Å². The normalized spacial score (nSPS) is 21.7. The summed E-state index contributed by atoms with van der Waals surface area (Å²) in [6, 6.07) is 8.02. The largest absolute Gasteiger partial charge is 0.375 e. The van der Waals surface area contributed by atoms with Gasteiger partial charge in [0, 0.05) is 18.7 Å². The minimum Gasteiger partial charge on any atom is -0.375 e. The van der Waals surface area contributed by atoms with Gasteiger partial charge >= 0.3 is 0 Å². The third-order valence-electron chi connectivity index (χ3n) is 3.72. The van der Waals surface area contributed by atoms with E-state index in [0.29, 0.717) is 12.5 Å². The second-order valence-electron chi connectivity index (χ2n) is 6.17. The molecule has 1 aromatic rings. The Morgan fingerprint density at radius 1 is 1.38 bits per heavy atom. The van der Waals surface area contributed by atoms with Gasteiger partial charge in [-0.05, 0) is 58.0 Å². The molecule has 116 valence electrons. The maximum atomic E-state index is 12.0. The summed E-state index contributed by atoms with van der Waals surface area (Å²) in [5, 5.41) is 2.98. The van der Waals surface area contributed by atoms with Gasteiger partial charge in [-0.2, -0.15) is 0 Å². The Morgan fingerprint density at radius 3 is 2.86 bits per heavy atom. The summed E-state index contributed by atoms with van der Waals surface area (Å²) in [5.74, 6) is 0.0696. The van der Waals surface area contributed by atoms with Gasteiger partial charge in [0.15, 0.2) is 0 Å². The smallest absolute Gasteiger partial charge is 0.224 e. The molecule has 4 heteroatoms. The van der Waals surface area contributed by atoms with Crippen molar-refractivity contribution in [3.63, 3.8) is 0 Å². The van der Waals surface area contributed by atoms with E-state index in [1.54, 1.807) is 0 Å². The molecule has 0 saturated carbocycles. The molecule has 0 radical (unpaired) electrons. The van der Waals surface area contributed by atoms with Crippen molar-refractivity contribution in [1.82, 2.24) is 4.90 Å². The van der Waals surface area contributed by atoms with E-state index in [-0.39, 0.29) is 12.0 Å². The summed E-state index contributed by atoms with van der Waals surface area (Å²) in [6.07, 6.45) is 4.13. The third kappa shape index (κ3) is 5.48. The van der Waals surface area contributed by atoms with Gasteiger partial charge < -0.3 is 15.0 Å². The zero-order chi connectivity index (χ0) is 15.2. The molecule has 1 amide bonds. The van der Waals surface area contributed by atoms with Crippen LogP contribution in [0.3, 0.4) is 0 Å². The van der Waals surface area contributed by atoms with Crippen molar-refractivity contribution >= 4 is 11.6 Å². The van der Waals surface area contributed by atoms with Crippen LogP contribution in [0.4, 0.5) is 5.69 Å². The zero-order valence-electron chi connectivity index (χ0n) is 13.3. The van der Waals surface area contributed by atoms with Crippen LogP contribution in [-0.4, -0.2) is 37.1 Å². The zero-order valence-corrected chi connectivity index (χ0v) is 13.3. The molecule has 4 nitrogen and oxygen atoms in total. The number of nitrogens with zero attached hydrogens (tertiary/aromatic N) is 1. The van der Waals surface area contributed by atoms with Crippen LogP contribution in [0.15, 0.2) is 24.3 Å². The summed E-state index contributed by atoms with van der Waals surface area (Å²) in [4.78, 5) is 14.1. The predicted octanol–water partition coefficient (Wildman–Crippen LogP) is 3.03. The van der Waals surface area contributed by atoms with Crippen LogP contribution >= 0.6 is 0 Å². The molecule has 1 aliphatic rings. The molecule has 0 aromatic heterocycles. The standard InChI is InChI=1S/C17H26N2O2/c1-13-7-8-16(21-13)9-10-17(20)18-15-6-4-5-14(11-15)12-19(2)3/h4-6,11,13,16H,7-10,12H2,1-3H3,(H,18,20)/t13-,16+/m0/s1. The Morgan fingerprint density at radius 2 is 2.19 bits per heavy atom. The minimum atomic E-state index is 0.0696. The first-order valence-corrected chi connectivity index (χ1v) is 7.72. The molecule has 0 aliphatic carbocycles. The van der Waals surface area contributed by atoms with Crippen molar-refractivity contribution in [2.75, 3.05) is 19.4 Å². The van der Waals surface area contributed by atoms with Gasteiger partial charge in [-0.3, -0.25) is 4.79 Å². The van der Waals surface area contributed by atoms with Crippen LogP contribution in [0.25, 0.3) is 0 Å². The van der Waals surface area contributed by atoms with Gasteiger partial charge in [-0.1, -0.05) is 12.1 Å². The summed E-state index contributed by atoms with van der Waals surface area (Å²) in [5.41, 5.74) is 2.07. The number of hydrogen-bond donors (Lipinski definition) is 1. The Balaban J connectivity index is 1.79. The quantitative estimate of drug-likeness (QED) is 0.875. The highest BCUT2D eigenvalue weighted by Gasteiger charge is 2.22. The van der Waals surface area contributed by atoms with E-state index in [1.165, 1.54) is 5.56 Å².